The third-order valence-corrected chi connectivity index (χ3v) is 3.32. The van der Waals surface area contributed by atoms with Crippen LogP contribution in [0, 0.1) is 11.8 Å². The maximum atomic E-state index is 11.5. The highest BCUT2D eigenvalue weighted by atomic mass is 16.1. The Kier molecular flexibility index (Phi) is 2.03. The molecule has 0 saturated heterocycles. The van der Waals surface area contributed by atoms with E-state index >= 15 is 0 Å². The van der Waals surface area contributed by atoms with Crippen molar-refractivity contribution in [2.75, 3.05) is 0 Å². The fraction of sp³-hybridized carbons (Fsp3) is 0.727. The number of hydrogen-bond acceptors (Lipinski definition) is 1. The summed E-state index contributed by atoms with van der Waals surface area (Å²) in [5, 5.41) is 0. The summed E-state index contributed by atoms with van der Waals surface area (Å²) in [7, 11) is 0. The Morgan fingerprint density at radius 2 is 2.25 bits per heavy atom. The lowest BCUT2D eigenvalue weighted by Gasteiger charge is -2.20. The van der Waals surface area contributed by atoms with Crippen LogP contribution < -0.4 is 0 Å². The molecule has 2 aliphatic rings. The van der Waals surface area contributed by atoms with Gasteiger partial charge in [-0.15, -0.1) is 0 Å². The highest BCUT2D eigenvalue weighted by Gasteiger charge is 2.28. The lowest BCUT2D eigenvalue weighted by atomic mass is 9.85. The molecule has 0 aromatic carbocycles. The van der Waals surface area contributed by atoms with E-state index in [9.17, 15) is 4.79 Å². The lowest BCUT2D eigenvalue weighted by molar-refractivity contribution is -0.122. The van der Waals surface area contributed by atoms with E-state index in [-0.39, 0.29) is 0 Å². The quantitative estimate of drug-likeness (QED) is 0.503. The minimum Gasteiger partial charge on any atom is -0.299 e. The first-order chi connectivity index (χ1) is 5.77. The Hall–Kier alpha value is -0.590. The summed E-state index contributed by atoms with van der Waals surface area (Å²) < 4.78 is 0. The molecule has 2 aliphatic carbocycles. The Balaban J connectivity index is 2.23. The van der Waals surface area contributed by atoms with E-state index in [0.29, 0.717) is 17.6 Å². The molecule has 2 atom stereocenters. The van der Waals surface area contributed by atoms with Gasteiger partial charge in [-0.25, -0.2) is 0 Å². The number of Topliss-reactive ketones (excluding diaryl/α,β-unsaturated/α-hetero) is 1. The van der Waals surface area contributed by atoms with Crippen molar-refractivity contribution in [3.8, 4) is 0 Å². The van der Waals surface area contributed by atoms with Crippen LogP contribution in [-0.4, -0.2) is 5.78 Å². The number of allylic oxidation sites excluding steroid dienone is 2. The third-order valence-electron chi connectivity index (χ3n) is 3.32. The lowest BCUT2D eigenvalue weighted by Crippen LogP contribution is -2.14. The van der Waals surface area contributed by atoms with Crippen molar-refractivity contribution in [3.63, 3.8) is 0 Å². The Bertz CT molecular complexity index is 227. The van der Waals surface area contributed by atoms with Crippen molar-refractivity contribution in [3.05, 3.63) is 11.6 Å². The standard InChI is InChI=1S/C11H16O/c1-8-5-6-11(12)10-4-2-3-9(8)7-10/h3,8,10H,2,4-7H2,1H3/t8?,10-/m0/s1. The fourth-order valence-electron chi connectivity index (χ4n) is 2.37. The number of carbonyl (C=O) groups is 1. The molecular weight excluding hydrogens is 148 g/mol. The van der Waals surface area contributed by atoms with Crippen LogP contribution >= 0.6 is 0 Å². The van der Waals surface area contributed by atoms with Crippen molar-refractivity contribution in [1.82, 2.24) is 0 Å². The van der Waals surface area contributed by atoms with Crippen LogP contribution in [0.25, 0.3) is 0 Å². The Morgan fingerprint density at radius 3 is 3.08 bits per heavy atom. The molecule has 2 bridgehead atoms. The summed E-state index contributed by atoms with van der Waals surface area (Å²) in [5.74, 6) is 1.57. The van der Waals surface area contributed by atoms with Crippen LogP contribution in [-0.2, 0) is 4.79 Å². The van der Waals surface area contributed by atoms with Gasteiger partial charge < -0.3 is 0 Å². The highest BCUT2D eigenvalue weighted by Crippen LogP contribution is 2.35. The molecular formula is C11H16O. The van der Waals surface area contributed by atoms with Crippen LogP contribution in [0.1, 0.15) is 39.0 Å². The molecule has 0 radical (unpaired) electrons. The van der Waals surface area contributed by atoms with E-state index in [0.717, 1.165) is 32.1 Å². The van der Waals surface area contributed by atoms with Gasteiger partial charge in [-0.2, -0.15) is 0 Å². The molecule has 2 rings (SSSR count). The van der Waals surface area contributed by atoms with Crippen LogP contribution in [0.4, 0.5) is 0 Å². The van der Waals surface area contributed by atoms with Crippen LogP contribution in [0.15, 0.2) is 11.6 Å². The highest BCUT2D eigenvalue weighted by molar-refractivity contribution is 5.82. The van der Waals surface area contributed by atoms with Gasteiger partial charge in [0.25, 0.3) is 0 Å². The van der Waals surface area contributed by atoms with E-state index in [1.807, 2.05) is 0 Å². The Labute approximate surface area is 73.8 Å². The molecule has 0 aromatic rings. The average molecular weight is 164 g/mol. The summed E-state index contributed by atoms with van der Waals surface area (Å²) in [6.07, 6.45) is 7.58. The van der Waals surface area contributed by atoms with Crippen molar-refractivity contribution in [1.29, 1.82) is 0 Å². The number of rotatable bonds is 0. The molecule has 66 valence electrons. The molecule has 1 fully saturated rings. The second-order valence-electron chi connectivity index (χ2n) is 4.16. The van der Waals surface area contributed by atoms with E-state index < -0.39 is 0 Å². The zero-order valence-corrected chi connectivity index (χ0v) is 7.68. The zero-order chi connectivity index (χ0) is 8.55. The first-order valence-corrected chi connectivity index (χ1v) is 4.99. The molecule has 12 heavy (non-hydrogen) atoms. The summed E-state index contributed by atoms with van der Waals surface area (Å²) in [6.45, 7) is 2.26. The van der Waals surface area contributed by atoms with Crippen molar-refractivity contribution in [2.45, 2.75) is 39.0 Å². The molecule has 0 spiro atoms. The SMILES string of the molecule is CC1CCC(=O)[C@H]2CCC=C1C2. The van der Waals surface area contributed by atoms with Crippen molar-refractivity contribution in [2.24, 2.45) is 11.8 Å². The fourth-order valence-corrected chi connectivity index (χ4v) is 2.37. The molecule has 1 saturated carbocycles. The summed E-state index contributed by atoms with van der Waals surface area (Å²) in [4.78, 5) is 11.5. The molecule has 0 heterocycles. The summed E-state index contributed by atoms with van der Waals surface area (Å²) >= 11 is 0. The normalized spacial score (nSPS) is 35.8. The average Bonchev–Trinajstić information content (AvgIpc) is 2.20. The molecule has 1 heteroatoms. The maximum Gasteiger partial charge on any atom is 0.136 e. The predicted molar refractivity (Wildman–Crippen MR) is 48.8 cm³/mol. The van der Waals surface area contributed by atoms with Gasteiger partial charge in [-0.05, 0) is 31.6 Å². The molecule has 0 amide bonds. The minimum atomic E-state index is 0.384. The number of fused-ring (bicyclic) bond motifs is 2. The number of hydrogen-bond donors (Lipinski definition) is 0. The van der Waals surface area contributed by atoms with Gasteiger partial charge in [-0.1, -0.05) is 18.6 Å². The summed E-state index contributed by atoms with van der Waals surface area (Å²) in [6, 6.07) is 0. The Morgan fingerprint density at radius 1 is 1.42 bits per heavy atom. The largest absolute Gasteiger partial charge is 0.299 e. The van der Waals surface area contributed by atoms with E-state index in [1.54, 1.807) is 5.57 Å². The van der Waals surface area contributed by atoms with Crippen LogP contribution in [0.2, 0.25) is 0 Å². The van der Waals surface area contributed by atoms with E-state index in [2.05, 4.69) is 13.0 Å². The topological polar surface area (TPSA) is 17.1 Å². The minimum absolute atomic E-state index is 0.384. The van der Waals surface area contributed by atoms with Gasteiger partial charge in [0.15, 0.2) is 0 Å². The maximum absolute atomic E-state index is 11.5. The monoisotopic (exact) mass is 164 g/mol. The van der Waals surface area contributed by atoms with Crippen molar-refractivity contribution < 1.29 is 4.79 Å². The van der Waals surface area contributed by atoms with Gasteiger partial charge in [0.2, 0.25) is 0 Å². The molecule has 0 aliphatic heterocycles. The van der Waals surface area contributed by atoms with Gasteiger partial charge in [-0.3, -0.25) is 4.79 Å². The van der Waals surface area contributed by atoms with E-state index in [1.165, 1.54) is 0 Å². The number of carbonyl (C=O) groups excluding carboxylic acids is 1. The molecule has 1 nitrogen and oxygen atoms in total. The second-order valence-corrected chi connectivity index (χ2v) is 4.16. The van der Waals surface area contributed by atoms with Gasteiger partial charge >= 0.3 is 0 Å². The number of ketones is 1. The van der Waals surface area contributed by atoms with Crippen molar-refractivity contribution >= 4 is 5.78 Å². The van der Waals surface area contributed by atoms with Crippen LogP contribution in [0.3, 0.4) is 0 Å². The predicted octanol–water partition coefficient (Wildman–Crippen LogP) is 2.71. The molecule has 0 aromatic heterocycles. The third kappa shape index (κ3) is 1.33. The summed E-state index contributed by atoms with van der Waals surface area (Å²) in [5.41, 5.74) is 1.55. The first kappa shape index (κ1) is 8.03. The first-order valence-electron chi connectivity index (χ1n) is 4.99. The van der Waals surface area contributed by atoms with Gasteiger partial charge in [0.1, 0.15) is 5.78 Å². The van der Waals surface area contributed by atoms with E-state index in [4.69, 9.17) is 0 Å². The van der Waals surface area contributed by atoms with Gasteiger partial charge in [0, 0.05) is 12.3 Å². The zero-order valence-electron chi connectivity index (χ0n) is 7.68. The molecule has 1 unspecified atom stereocenters. The molecule has 0 N–H and O–H groups in total. The van der Waals surface area contributed by atoms with Gasteiger partial charge in [0.05, 0.1) is 0 Å². The smallest absolute Gasteiger partial charge is 0.136 e. The van der Waals surface area contributed by atoms with Crippen LogP contribution in [0.5, 0.6) is 0 Å². The second kappa shape index (κ2) is 3.04.